The van der Waals surface area contributed by atoms with Gasteiger partial charge in [0.05, 0.1) is 17.9 Å². The first-order valence-electron chi connectivity index (χ1n) is 8.62. The highest BCUT2D eigenvalue weighted by molar-refractivity contribution is 5.98. The highest BCUT2D eigenvalue weighted by Gasteiger charge is 2.12. The molecular weight excluding hydrogens is 350 g/mol. The SMILES string of the molecule is CCOC(=O)c1ccccc1N/C=C(/C#N)C(=O)NCCCCCC(=O)O. The number of benzene rings is 1. The van der Waals surface area contributed by atoms with Gasteiger partial charge in [0.2, 0.25) is 0 Å². The van der Waals surface area contributed by atoms with Gasteiger partial charge in [-0.1, -0.05) is 18.6 Å². The summed E-state index contributed by atoms with van der Waals surface area (Å²) >= 11 is 0. The molecule has 1 aromatic carbocycles. The fourth-order valence-corrected chi connectivity index (χ4v) is 2.17. The van der Waals surface area contributed by atoms with Crippen LogP contribution in [0, 0.1) is 11.3 Å². The van der Waals surface area contributed by atoms with E-state index in [9.17, 15) is 14.4 Å². The summed E-state index contributed by atoms with van der Waals surface area (Å²) in [4.78, 5) is 34.4. The van der Waals surface area contributed by atoms with Crippen LogP contribution in [0.1, 0.15) is 43.0 Å². The number of carbonyl (C=O) groups is 3. The van der Waals surface area contributed by atoms with Gasteiger partial charge in [0, 0.05) is 19.2 Å². The number of nitrogens with zero attached hydrogens (tertiary/aromatic N) is 1. The van der Waals surface area contributed by atoms with Crippen molar-refractivity contribution in [2.75, 3.05) is 18.5 Å². The molecule has 1 rings (SSSR count). The molecule has 0 bridgehead atoms. The normalized spacial score (nSPS) is 10.6. The molecule has 1 amide bonds. The molecule has 0 aliphatic rings. The van der Waals surface area contributed by atoms with Crippen molar-refractivity contribution in [1.82, 2.24) is 5.32 Å². The van der Waals surface area contributed by atoms with E-state index in [1.165, 1.54) is 6.20 Å². The minimum atomic E-state index is -0.845. The van der Waals surface area contributed by atoms with Gasteiger partial charge < -0.3 is 20.5 Å². The van der Waals surface area contributed by atoms with Gasteiger partial charge in [-0.15, -0.1) is 0 Å². The smallest absolute Gasteiger partial charge is 0.340 e. The maximum absolute atomic E-state index is 12.0. The van der Waals surface area contributed by atoms with Crippen LogP contribution in [-0.2, 0) is 14.3 Å². The number of rotatable bonds is 11. The van der Waals surface area contributed by atoms with Crippen molar-refractivity contribution in [1.29, 1.82) is 5.26 Å². The van der Waals surface area contributed by atoms with E-state index in [1.807, 2.05) is 0 Å². The minimum Gasteiger partial charge on any atom is -0.481 e. The molecule has 3 N–H and O–H groups in total. The molecule has 0 unspecified atom stereocenters. The van der Waals surface area contributed by atoms with E-state index in [2.05, 4.69) is 10.6 Å². The van der Waals surface area contributed by atoms with Crippen molar-refractivity contribution in [2.24, 2.45) is 0 Å². The van der Waals surface area contributed by atoms with Gasteiger partial charge in [0.15, 0.2) is 0 Å². The zero-order chi connectivity index (χ0) is 20.1. The van der Waals surface area contributed by atoms with Crippen LogP contribution in [0.4, 0.5) is 5.69 Å². The molecule has 0 saturated carbocycles. The molecule has 0 aromatic heterocycles. The lowest BCUT2D eigenvalue weighted by atomic mass is 10.1. The van der Waals surface area contributed by atoms with Gasteiger partial charge in [-0.3, -0.25) is 9.59 Å². The second-order valence-corrected chi connectivity index (χ2v) is 5.54. The van der Waals surface area contributed by atoms with Crippen LogP contribution < -0.4 is 10.6 Å². The fraction of sp³-hybridized carbons (Fsp3) is 0.368. The van der Waals surface area contributed by atoms with Crippen LogP contribution in [0.2, 0.25) is 0 Å². The van der Waals surface area contributed by atoms with Gasteiger partial charge >= 0.3 is 11.9 Å². The topological polar surface area (TPSA) is 129 Å². The number of unbranched alkanes of at least 4 members (excludes halogenated alkanes) is 2. The maximum Gasteiger partial charge on any atom is 0.340 e. The number of amides is 1. The predicted molar refractivity (Wildman–Crippen MR) is 98.8 cm³/mol. The number of hydrogen-bond donors (Lipinski definition) is 3. The number of ether oxygens (including phenoxy) is 1. The Morgan fingerprint density at radius 2 is 1.96 bits per heavy atom. The number of hydrogen-bond acceptors (Lipinski definition) is 6. The van der Waals surface area contributed by atoms with Crippen LogP contribution >= 0.6 is 0 Å². The summed E-state index contributed by atoms with van der Waals surface area (Å²) in [6.07, 6.45) is 3.16. The van der Waals surface area contributed by atoms with Crippen molar-refractivity contribution in [2.45, 2.75) is 32.6 Å². The second-order valence-electron chi connectivity index (χ2n) is 5.54. The van der Waals surface area contributed by atoms with Gasteiger partial charge in [-0.2, -0.15) is 5.26 Å². The number of carboxylic acids is 1. The lowest BCUT2D eigenvalue weighted by molar-refractivity contribution is -0.137. The fourth-order valence-electron chi connectivity index (χ4n) is 2.17. The molecule has 1 aromatic rings. The quantitative estimate of drug-likeness (QED) is 0.235. The van der Waals surface area contributed by atoms with E-state index < -0.39 is 17.8 Å². The summed E-state index contributed by atoms with van der Waals surface area (Å²) in [6, 6.07) is 8.42. The molecule has 144 valence electrons. The molecule has 0 radical (unpaired) electrons. The van der Waals surface area contributed by atoms with E-state index >= 15 is 0 Å². The first-order chi connectivity index (χ1) is 13.0. The summed E-state index contributed by atoms with van der Waals surface area (Å²) in [5.74, 6) is -1.89. The number of carboxylic acid groups (broad SMARTS) is 1. The second kappa shape index (κ2) is 12.1. The Hall–Kier alpha value is -3.34. The molecule has 0 atom stereocenters. The summed E-state index contributed by atoms with van der Waals surface area (Å²) in [6.45, 7) is 2.28. The Balaban J connectivity index is 2.60. The first kappa shape index (κ1) is 21.7. The summed E-state index contributed by atoms with van der Waals surface area (Å²) in [5, 5.41) is 23.1. The van der Waals surface area contributed by atoms with Crippen LogP contribution in [0.25, 0.3) is 0 Å². The van der Waals surface area contributed by atoms with E-state index in [4.69, 9.17) is 15.1 Å². The molecular formula is C19H23N3O5. The van der Waals surface area contributed by atoms with E-state index in [0.717, 1.165) is 0 Å². The Morgan fingerprint density at radius 3 is 2.63 bits per heavy atom. The first-order valence-corrected chi connectivity index (χ1v) is 8.62. The highest BCUT2D eigenvalue weighted by Crippen LogP contribution is 2.16. The Labute approximate surface area is 157 Å². The van der Waals surface area contributed by atoms with E-state index in [0.29, 0.717) is 37.1 Å². The third-order valence-electron chi connectivity index (χ3n) is 3.51. The number of nitrogens with one attached hydrogen (secondary N) is 2. The monoisotopic (exact) mass is 373 g/mol. The van der Waals surface area contributed by atoms with Crippen molar-refractivity contribution in [3.8, 4) is 6.07 Å². The number of nitriles is 1. The van der Waals surface area contributed by atoms with Gasteiger partial charge in [-0.25, -0.2) is 4.79 Å². The number of para-hydroxylation sites is 1. The number of aliphatic carboxylic acids is 1. The van der Waals surface area contributed by atoms with Crippen LogP contribution in [0.3, 0.4) is 0 Å². The zero-order valence-electron chi connectivity index (χ0n) is 15.2. The molecule has 0 aliphatic heterocycles. The number of carbonyl (C=O) groups excluding carboxylic acids is 2. The van der Waals surface area contributed by atoms with Crippen LogP contribution in [0.15, 0.2) is 36.0 Å². The summed E-state index contributed by atoms with van der Waals surface area (Å²) in [7, 11) is 0. The van der Waals surface area contributed by atoms with Gasteiger partial charge in [-0.05, 0) is 31.9 Å². The Morgan fingerprint density at radius 1 is 1.22 bits per heavy atom. The third-order valence-corrected chi connectivity index (χ3v) is 3.51. The minimum absolute atomic E-state index is 0.0983. The van der Waals surface area contributed by atoms with Gasteiger partial charge in [0.1, 0.15) is 11.6 Å². The van der Waals surface area contributed by atoms with E-state index in [1.54, 1.807) is 37.3 Å². The Bertz CT molecular complexity index is 737. The third kappa shape index (κ3) is 8.05. The molecule has 8 nitrogen and oxygen atoms in total. The molecule has 0 aliphatic carbocycles. The van der Waals surface area contributed by atoms with Crippen molar-refractivity contribution < 1.29 is 24.2 Å². The lowest BCUT2D eigenvalue weighted by Crippen LogP contribution is -2.26. The Kier molecular flexibility index (Phi) is 9.71. The molecule has 0 fully saturated rings. The standard InChI is InChI=1S/C19H23N3O5/c1-2-27-19(26)15-8-5-6-9-16(15)22-13-14(12-20)18(25)21-11-7-3-4-10-17(23)24/h5-6,8-9,13,22H,2-4,7,10-11H2,1H3,(H,21,25)(H,23,24)/b14-13-. The molecule has 0 saturated heterocycles. The lowest BCUT2D eigenvalue weighted by Gasteiger charge is -2.09. The summed E-state index contributed by atoms with van der Waals surface area (Å²) in [5.41, 5.74) is 0.580. The predicted octanol–water partition coefficient (Wildman–Crippen LogP) is 2.44. The highest BCUT2D eigenvalue weighted by atomic mass is 16.5. The molecule has 0 heterocycles. The van der Waals surface area contributed by atoms with Crippen molar-refractivity contribution >= 4 is 23.5 Å². The van der Waals surface area contributed by atoms with Gasteiger partial charge in [0.25, 0.3) is 5.91 Å². The van der Waals surface area contributed by atoms with Crippen molar-refractivity contribution in [3.63, 3.8) is 0 Å². The maximum atomic E-state index is 12.0. The van der Waals surface area contributed by atoms with Crippen LogP contribution in [-0.4, -0.2) is 36.1 Å². The molecule has 8 heteroatoms. The number of esters is 1. The molecule has 0 spiro atoms. The average Bonchev–Trinajstić information content (AvgIpc) is 2.65. The van der Waals surface area contributed by atoms with Crippen LogP contribution in [0.5, 0.6) is 0 Å². The van der Waals surface area contributed by atoms with E-state index in [-0.39, 0.29) is 18.6 Å². The zero-order valence-corrected chi connectivity index (χ0v) is 15.2. The van der Waals surface area contributed by atoms with Crippen molar-refractivity contribution in [3.05, 3.63) is 41.6 Å². The summed E-state index contributed by atoms with van der Waals surface area (Å²) < 4.78 is 4.97. The largest absolute Gasteiger partial charge is 0.481 e. The number of anilines is 1. The molecule has 27 heavy (non-hydrogen) atoms. The average molecular weight is 373 g/mol.